The van der Waals surface area contributed by atoms with Crippen LogP contribution in [-0.4, -0.2) is 38.9 Å². The van der Waals surface area contributed by atoms with Gasteiger partial charge in [0.1, 0.15) is 4.90 Å². The molecule has 1 atom stereocenters. The fraction of sp³-hybridized carbons (Fsp3) is 0.400. The smallest absolute Gasteiger partial charge is 0.243 e. The summed E-state index contributed by atoms with van der Waals surface area (Å²) in [6, 6.07) is 6.81. The van der Waals surface area contributed by atoms with Gasteiger partial charge < -0.3 is 0 Å². The summed E-state index contributed by atoms with van der Waals surface area (Å²) in [6.07, 6.45) is 1.88. The summed E-state index contributed by atoms with van der Waals surface area (Å²) in [5.41, 5.74) is 0.341. The molecule has 1 N–H and O–H groups in total. The van der Waals surface area contributed by atoms with E-state index in [9.17, 15) is 16.8 Å². The SMILES string of the molecule is Cc1cnc2c(S(=O)(=O)N[C@@]3(C)CCS(=O)(=O)C3)cccc2c1. The lowest BCUT2D eigenvalue weighted by Crippen LogP contribution is -2.46. The van der Waals surface area contributed by atoms with Crippen LogP contribution in [0.4, 0.5) is 0 Å². The molecule has 0 radical (unpaired) electrons. The van der Waals surface area contributed by atoms with Crippen LogP contribution in [0.15, 0.2) is 35.4 Å². The Hall–Kier alpha value is -1.51. The predicted octanol–water partition coefficient (Wildman–Crippen LogP) is 1.40. The first kappa shape index (κ1) is 16.4. The van der Waals surface area contributed by atoms with Crippen LogP contribution < -0.4 is 4.72 Å². The molecule has 1 aliphatic rings. The third kappa shape index (κ3) is 3.24. The van der Waals surface area contributed by atoms with Gasteiger partial charge in [0, 0.05) is 17.1 Å². The Bertz CT molecular complexity index is 984. The second-order valence-corrected chi connectivity index (χ2v) is 10.2. The molecule has 1 aromatic heterocycles. The summed E-state index contributed by atoms with van der Waals surface area (Å²) < 4.78 is 51.4. The Morgan fingerprint density at radius 2 is 2.04 bits per heavy atom. The van der Waals surface area contributed by atoms with Crippen molar-refractivity contribution >= 4 is 30.8 Å². The van der Waals surface area contributed by atoms with Gasteiger partial charge in [-0.1, -0.05) is 12.1 Å². The molecule has 2 aromatic rings. The van der Waals surface area contributed by atoms with Crippen LogP contribution in [-0.2, 0) is 19.9 Å². The number of benzene rings is 1. The number of rotatable bonds is 3. The minimum Gasteiger partial charge on any atom is -0.255 e. The van der Waals surface area contributed by atoms with Crippen LogP contribution in [0.5, 0.6) is 0 Å². The molecule has 0 saturated carbocycles. The maximum Gasteiger partial charge on any atom is 0.243 e. The number of sulfonamides is 1. The van der Waals surface area contributed by atoms with E-state index >= 15 is 0 Å². The van der Waals surface area contributed by atoms with Crippen LogP contribution >= 0.6 is 0 Å². The molecule has 0 unspecified atom stereocenters. The van der Waals surface area contributed by atoms with Gasteiger partial charge in [0.05, 0.1) is 17.0 Å². The second-order valence-electron chi connectivity index (χ2n) is 6.35. The average molecular weight is 354 g/mol. The molecule has 1 aliphatic heterocycles. The van der Waals surface area contributed by atoms with Crippen LogP contribution in [0, 0.1) is 6.92 Å². The Balaban J connectivity index is 2.04. The third-order valence-electron chi connectivity index (χ3n) is 3.98. The van der Waals surface area contributed by atoms with E-state index in [-0.39, 0.29) is 22.8 Å². The molecule has 3 rings (SSSR count). The quantitative estimate of drug-likeness (QED) is 0.899. The van der Waals surface area contributed by atoms with E-state index in [1.54, 1.807) is 25.3 Å². The van der Waals surface area contributed by atoms with Crippen LogP contribution in [0.25, 0.3) is 10.9 Å². The van der Waals surface area contributed by atoms with Crippen molar-refractivity contribution < 1.29 is 16.8 Å². The van der Waals surface area contributed by atoms with Crippen molar-refractivity contribution in [3.63, 3.8) is 0 Å². The zero-order chi connectivity index (χ0) is 16.9. The highest BCUT2D eigenvalue weighted by Crippen LogP contribution is 2.27. The van der Waals surface area contributed by atoms with Crippen molar-refractivity contribution in [3.05, 3.63) is 36.0 Å². The van der Waals surface area contributed by atoms with Crippen molar-refractivity contribution in [2.45, 2.75) is 30.7 Å². The number of fused-ring (bicyclic) bond motifs is 1. The topological polar surface area (TPSA) is 93.2 Å². The zero-order valence-corrected chi connectivity index (χ0v) is 14.5. The molecule has 2 heterocycles. The molecule has 124 valence electrons. The zero-order valence-electron chi connectivity index (χ0n) is 12.9. The molecule has 23 heavy (non-hydrogen) atoms. The van der Waals surface area contributed by atoms with Gasteiger partial charge in [0.15, 0.2) is 9.84 Å². The predicted molar refractivity (Wildman–Crippen MR) is 88.5 cm³/mol. The van der Waals surface area contributed by atoms with E-state index in [1.165, 1.54) is 6.07 Å². The largest absolute Gasteiger partial charge is 0.255 e. The number of pyridine rings is 1. The Morgan fingerprint density at radius 3 is 2.70 bits per heavy atom. The van der Waals surface area contributed by atoms with E-state index in [0.717, 1.165) is 10.9 Å². The summed E-state index contributed by atoms with van der Waals surface area (Å²) in [4.78, 5) is 4.31. The van der Waals surface area contributed by atoms with Gasteiger partial charge in [0.2, 0.25) is 10.0 Å². The molecule has 1 saturated heterocycles. The monoisotopic (exact) mass is 354 g/mol. The number of hydrogen-bond acceptors (Lipinski definition) is 5. The Morgan fingerprint density at radius 1 is 1.30 bits per heavy atom. The van der Waals surface area contributed by atoms with Gasteiger partial charge in [-0.15, -0.1) is 0 Å². The number of hydrogen-bond donors (Lipinski definition) is 1. The highest BCUT2D eigenvalue weighted by molar-refractivity contribution is 7.92. The molecule has 1 fully saturated rings. The fourth-order valence-corrected chi connectivity index (χ4v) is 6.73. The normalized spacial score (nSPS) is 24.1. The summed E-state index contributed by atoms with van der Waals surface area (Å²) in [5.74, 6) is -0.185. The van der Waals surface area contributed by atoms with Gasteiger partial charge in [0.25, 0.3) is 0 Å². The van der Waals surface area contributed by atoms with Gasteiger partial charge >= 0.3 is 0 Å². The molecule has 0 spiro atoms. The maximum atomic E-state index is 12.8. The van der Waals surface area contributed by atoms with Crippen LogP contribution in [0.1, 0.15) is 18.9 Å². The molecular formula is C15H18N2O4S2. The number of nitrogens with zero attached hydrogens (tertiary/aromatic N) is 1. The lowest BCUT2D eigenvalue weighted by Gasteiger charge is -2.23. The first-order chi connectivity index (χ1) is 10.6. The summed E-state index contributed by atoms with van der Waals surface area (Å²) in [5, 5.41) is 0.733. The van der Waals surface area contributed by atoms with Gasteiger partial charge in [-0.3, -0.25) is 4.98 Å². The van der Waals surface area contributed by atoms with E-state index < -0.39 is 25.4 Å². The van der Waals surface area contributed by atoms with Crippen molar-refractivity contribution in [2.24, 2.45) is 0 Å². The molecule has 0 amide bonds. The summed E-state index contributed by atoms with van der Waals surface area (Å²) in [6.45, 7) is 3.51. The number of sulfone groups is 1. The van der Waals surface area contributed by atoms with Crippen molar-refractivity contribution in [1.82, 2.24) is 9.71 Å². The number of nitrogens with one attached hydrogen (secondary N) is 1. The van der Waals surface area contributed by atoms with Gasteiger partial charge in [-0.25, -0.2) is 21.6 Å². The lowest BCUT2D eigenvalue weighted by molar-refractivity contribution is 0.462. The van der Waals surface area contributed by atoms with E-state index in [2.05, 4.69) is 9.71 Å². The first-order valence-electron chi connectivity index (χ1n) is 7.20. The Kier molecular flexibility index (Phi) is 3.74. The molecular weight excluding hydrogens is 336 g/mol. The highest BCUT2D eigenvalue weighted by Gasteiger charge is 2.41. The molecule has 0 aliphatic carbocycles. The maximum absolute atomic E-state index is 12.8. The minimum absolute atomic E-state index is 0.000990. The molecule has 6 nitrogen and oxygen atoms in total. The van der Waals surface area contributed by atoms with Crippen molar-refractivity contribution in [3.8, 4) is 0 Å². The number of aromatic nitrogens is 1. The molecule has 0 bridgehead atoms. The fourth-order valence-electron chi connectivity index (χ4n) is 2.93. The first-order valence-corrected chi connectivity index (χ1v) is 10.5. The van der Waals surface area contributed by atoms with E-state index in [1.807, 2.05) is 13.0 Å². The van der Waals surface area contributed by atoms with Gasteiger partial charge in [-0.2, -0.15) is 0 Å². The van der Waals surface area contributed by atoms with Crippen LogP contribution in [0.3, 0.4) is 0 Å². The average Bonchev–Trinajstić information content (AvgIpc) is 2.70. The standard InChI is InChI=1S/C15H18N2O4S2/c1-11-8-12-4-3-5-13(14(12)16-9-11)23(20,21)17-15(2)6-7-22(18,19)10-15/h3-5,8-9,17H,6-7,10H2,1-2H3/t15-/m0/s1. The van der Waals surface area contributed by atoms with Crippen molar-refractivity contribution in [1.29, 1.82) is 0 Å². The minimum atomic E-state index is -3.87. The molecule has 8 heteroatoms. The van der Waals surface area contributed by atoms with Gasteiger partial charge in [-0.05, 0) is 38.0 Å². The molecule has 1 aromatic carbocycles. The number of aryl methyl sites for hydroxylation is 1. The lowest BCUT2D eigenvalue weighted by atomic mass is 10.0. The Labute approximate surface area is 135 Å². The van der Waals surface area contributed by atoms with E-state index in [0.29, 0.717) is 5.52 Å². The van der Waals surface area contributed by atoms with Crippen LogP contribution in [0.2, 0.25) is 0 Å². The highest BCUT2D eigenvalue weighted by atomic mass is 32.2. The summed E-state index contributed by atoms with van der Waals surface area (Å²) in [7, 11) is -7.07. The van der Waals surface area contributed by atoms with Crippen molar-refractivity contribution in [2.75, 3.05) is 11.5 Å². The summed E-state index contributed by atoms with van der Waals surface area (Å²) >= 11 is 0. The third-order valence-corrected chi connectivity index (χ3v) is 7.56. The van der Waals surface area contributed by atoms with E-state index in [4.69, 9.17) is 0 Å². The second kappa shape index (κ2) is 5.25. The number of para-hydroxylation sites is 1.